The first-order valence-corrected chi connectivity index (χ1v) is 5.91. The van der Waals surface area contributed by atoms with Gasteiger partial charge in [0.2, 0.25) is 0 Å². The molecule has 20 heavy (non-hydrogen) atoms. The predicted molar refractivity (Wildman–Crippen MR) is 70.8 cm³/mol. The van der Waals surface area contributed by atoms with Crippen LogP contribution in [0.2, 0.25) is 0 Å². The van der Waals surface area contributed by atoms with Gasteiger partial charge in [-0.3, -0.25) is 9.36 Å². The smallest absolute Gasteiger partial charge is 0.339 e. The maximum atomic E-state index is 11.7. The molecule has 0 aliphatic rings. The average molecular weight is 270 g/mol. The Morgan fingerprint density at radius 2 is 2.10 bits per heavy atom. The van der Waals surface area contributed by atoms with Crippen molar-refractivity contribution in [3.8, 4) is 0 Å². The molecule has 0 radical (unpaired) electrons. The van der Waals surface area contributed by atoms with E-state index in [9.17, 15) is 14.7 Å². The molecule has 6 nitrogen and oxygen atoms in total. The van der Waals surface area contributed by atoms with Gasteiger partial charge in [-0.05, 0) is 6.07 Å². The summed E-state index contributed by atoms with van der Waals surface area (Å²) in [5.41, 5.74) is 0.296. The van der Waals surface area contributed by atoms with Crippen LogP contribution in [0.15, 0.2) is 52.1 Å². The molecule has 2 aromatic heterocycles. The van der Waals surface area contributed by atoms with Gasteiger partial charge < -0.3 is 9.52 Å². The molecule has 0 atom stereocenters. The summed E-state index contributed by atoms with van der Waals surface area (Å²) in [5, 5.41) is 9.86. The Kier molecular flexibility index (Phi) is 2.83. The van der Waals surface area contributed by atoms with Crippen molar-refractivity contribution in [1.82, 2.24) is 9.55 Å². The van der Waals surface area contributed by atoms with Crippen molar-refractivity contribution in [1.29, 1.82) is 0 Å². The first-order valence-electron chi connectivity index (χ1n) is 5.91. The summed E-state index contributed by atoms with van der Waals surface area (Å²) >= 11 is 0. The summed E-state index contributed by atoms with van der Waals surface area (Å²) < 4.78 is 6.85. The van der Waals surface area contributed by atoms with Crippen LogP contribution >= 0.6 is 0 Å². The van der Waals surface area contributed by atoms with Crippen molar-refractivity contribution in [2.24, 2.45) is 0 Å². The van der Waals surface area contributed by atoms with Crippen LogP contribution in [-0.4, -0.2) is 20.6 Å². The van der Waals surface area contributed by atoms with Crippen LogP contribution in [-0.2, 0) is 6.54 Å². The second-order valence-corrected chi connectivity index (χ2v) is 4.25. The van der Waals surface area contributed by atoms with Crippen LogP contribution in [0.3, 0.4) is 0 Å². The second-order valence-electron chi connectivity index (χ2n) is 4.25. The average Bonchev–Trinajstić information content (AvgIpc) is 2.79. The zero-order chi connectivity index (χ0) is 14.1. The number of benzene rings is 1. The van der Waals surface area contributed by atoms with E-state index < -0.39 is 5.97 Å². The van der Waals surface area contributed by atoms with Crippen LogP contribution in [0.4, 0.5) is 0 Å². The molecule has 3 rings (SSSR count). The van der Waals surface area contributed by atoms with E-state index in [0.29, 0.717) is 11.0 Å². The molecule has 6 heteroatoms. The number of rotatable bonds is 3. The Morgan fingerprint density at radius 3 is 2.85 bits per heavy atom. The Balaban J connectivity index is 2.16. The molecule has 0 saturated heterocycles. The lowest BCUT2D eigenvalue weighted by molar-refractivity contribution is 0.0696. The highest BCUT2D eigenvalue weighted by atomic mass is 16.4. The third kappa shape index (κ3) is 1.97. The van der Waals surface area contributed by atoms with Gasteiger partial charge >= 0.3 is 5.97 Å². The number of aromatic nitrogens is 2. The molecular weight excluding hydrogens is 260 g/mol. The maximum absolute atomic E-state index is 11.7. The monoisotopic (exact) mass is 270 g/mol. The molecule has 1 N–H and O–H groups in total. The van der Waals surface area contributed by atoms with E-state index in [1.165, 1.54) is 23.2 Å². The van der Waals surface area contributed by atoms with Crippen LogP contribution in [0.1, 0.15) is 16.1 Å². The summed E-state index contributed by atoms with van der Waals surface area (Å²) in [4.78, 5) is 26.9. The number of carbonyl (C=O) groups is 1. The molecule has 0 saturated carbocycles. The molecular formula is C14H10N2O4. The van der Waals surface area contributed by atoms with Gasteiger partial charge in [0, 0.05) is 17.6 Å². The topological polar surface area (TPSA) is 85.3 Å². The number of fused-ring (bicyclic) bond motifs is 1. The Morgan fingerprint density at radius 1 is 1.30 bits per heavy atom. The fourth-order valence-corrected chi connectivity index (χ4v) is 2.09. The summed E-state index contributed by atoms with van der Waals surface area (Å²) in [6.45, 7) is 0.0307. The zero-order valence-corrected chi connectivity index (χ0v) is 10.3. The maximum Gasteiger partial charge on any atom is 0.339 e. The van der Waals surface area contributed by atoms with E-state index in [-0.39, 0.29) is 23.4 Å². The van der Waals surface area contributed by atoms with Gasteiger partial charge in [-0.15, -0.1) is 0 Å². The fourth-order valence-electron chi connectivity index (χ4n) is 2.09. The highest BCUT2D eigenvalue weighted by Gasteiger charge is 2.20. The molecule has 0 aliphatic heterocycles. The predicted octanol–water partition coefficient (Wildman–Crippen LogP) is 1.74. The summed E-state index contributed by atoms with van der Waals surface area (Å²) in [6, 6.07) is 8.18. The lowest BCUT2D eigenvalue weighted by Gasteiger charge is -2.02. The number of carboxylic acids is 1. The molecule has 3 aromatic rings. The van der Waals surface area contributed by atoms with Crippen LogP contribution in [0.25, 0.3) is 11.0 Å². The number of furan rings is 1. The molecule has 0 unspecified atom stereocenters. The fraction of sp³-hybridized carbons (Fsp3) is 0.0714. The highest BCUT2D eigenvalue weighted by Crippen LogP contribution is 2.26. The normalized spacial score (nSPS) is 10.8. The third-order valence-corrected chi connectivity index (χ3v) is 2.99. The van der Waals surface area contributed by atoms with E-state index in [4.69, 9.17) is 4.42 Å². The first kappa shape index (κ1) is 12.2. The Bertz CT molecular complexity index is 848. The van der Waals surface area contributed by atoms with Gasteiger partial charge in [0.05, 0.1) is 12.9 Å². The van der Waals surface area contributed by atoms with Crippen molar-refractivity contribution in [3.63, 3.8) is 0 Å². The summed E-state index contributed by atoms with van der Waals surface area (Å²) in [6.07, 6.45) is 2.73. The van der Waals surface area contributed by atoms with Crippen LogP contribution in [0, 0.1) is 0 Å². The van der Waals surface area contributed by atoms with Gasteiger partial charge in [0.25, 0.3) is 5.56 Å². The van der Waals surface area contributed by atoms with Crippen molar-refractivity contribution in [2.45, 2.75) is 6.54 Å². The van der Waals surface area contributed by atoms with E-state index in [2.05, 4.69) is 4.98 Å². The number of nitrogens with zero attached hydrogens (tertiary/aromatic N) is 2. The SMILES string of the molecule is O=C(O)c1c(Cn2cnccc2=O)oc2ccccc12. The van der Waals surface area contributed by atoms with E-state index in [1.807, 2.05) is 0 Å². The van der Waals surface area contributed by atoms with Crippen molar-refractivity contribution < 1.29 is 14.3 Å². The molecule has 0 amide bonds. The minimum atomic E-state index is -1.08. The zero-order valence-electron chi connectivity index (χ0n) is 10.3. The Hall–Kier alpha value is -2.89. The lowest BCUT2D eigenvalue weighted by atomic mass is 10.1. The second kappa shape index (κ2) is 4.65. The molecule has 0 spiro atoms. The van der Waals surface area contributed by atoms with Crippen LogP contribution < -0.4 is 5.56 Å². The standard InChI is InChI=1S/C14H10N2O4/c17-12-5-6-15-8-16(12)7-11-13(14(18)19)9-3-1-2-4-10(9)20-11/h1-6,8H,7H2,(H,18,19). The van der Waals surface area contributed by atoms with Gasteiger partial charge in [-0.25, -0.2) is 9.78 Å². The van der Waals surface area contributed by atoms with E-state index in [1.54, 1.807) is 24.3 Å². The molecule has 1 aromatic carbocycles. The Labute approximate surface area is 112 Å². The number of carboxylic acid groups (broad SMARTS) is 1. The summed E-state index contributed by atoms with van der Waals surface area (Å²) in [5.74, 6) is -0.851. The van der Waals surface area contributed by atoms with Crippen molar-refractivity contribution in [3.05, 3.63) is 64.5 Å². The largest absolute Gasteiger partial charge is 0.478 e. The van der Waals surface area contributed by atoms with E-state index in [0.717, 1.165) is 0 Å². The number of hydrogen-bond acceptors (Lipinski definition) is 4. The van der Waals surface area contributed by atoms with E-state index >= 15 is 0 Å². The molecule has 2 heterocycles. The minimum Gasteiger partial charge on any atom is -0.478 e. The molecule has 0 aliphatic carbocycles. The first-order chi connectivity index (χ1) is 9.66. The summed E-state index contributed by atoms with van der Waals surface area (Å²) in [7, 11) is 0. The quantitative estimate of drug-likeness (QED) is 0.783. The van der Waals surface area contributed by atoms with Gasteiger partial charge in [0.1, 0.15) is 16.9 Å². The van der Waals surface area contributed by atoms with Gasteiger partial charge in [0.15, 0.2) is 0 Å². The number of aromatic carboxylic acids is 1. The number of hydrogen-bond donors (Lipinski definition) is 1. The number of para-hydroxylation sites is 1. The van der Waals surface area contributed by atoms with Crippen LogP contribution in [0.5, 0.6) is 0 Å². The third-order valence-electron chi connectivity index (χ3n) is 2.99. The molecule has 0 bridgehead atoms. The van der Waals surface area contributed by atoms with Gasteiger partial charge in [-0.1, -0.05) is 18.2 Å². The minimum absolute atomic E-state index is 0.0307. The lowest BCUT2D eigenvalue weighted by Crippen LogP contribution is -2.20. The highest BCUT2D eigenvalue weighted by molar-refractivity contribution is 6.03. The molecule has 0 fully saturated rings. The van der Waals surface area contributed by atoms with Crippen molar-refractivity contribution >= 4 is 16.9 Å². The van der Waals surface area contributed by atoms with Gasteiger partial charge in [-0.2, -0.15) is 0 Å². The van der Waals surface area contributed by atoms with Crippen molar-refractivity contribution in [2.75, 3.05) is 0 Å². The molecule has 100 valence electrons.